The molecule has 0 fully saturated rings. The molecular formula is C26H35NO5S. The monoisotopic (exact) mass is 473 g/mol. The third-order valence-electron chi connectivity index (χ3n) is 6.15. The minimum atomic E-state index is -3.08. The average Bonchev–Trinajstić information content (AvgIpc) is 2.91. The lowest BCUT2D eigenvalue weighted by molar-refractivity contribution is -0.137. The summed E-state index contributed by atoms with van der Waals surface area (Å²) in [5.41, 5.74) is 1.56. The van der Waals surface area contributed by atoms with Crippen LogP contribution in [0.5, 0.6) is 5.75 Å². The number of rotatable bonds is 9. The van der Waals surface area contributed by atoms with Crippen molar-refractivity contribution >= 4 is 27.9 Å². The van der Waals surface area contributed by atoms with Gasteiger partial charge in [-0.1, -0.05) is 44.9 Å². The number of ether oxygens (including phenoxy) is 2. The van der Waals surface area contributed by atoms with Crippen molar-refractivity contribution in [3.63, 3.8) is 0 Å². The molecule has 33 heavy (non-hydrogen) atoms. The number of nitrogens with zero attached hydrogens (tertiary/aromatic N) is 1. The third-order valence-corrected chi connectivity index (χ3v) is 8.19. The van der Waals surface area contributed by atoms with Gasteiger partial charge in [0.2, 0.25) is 0 Å². The average molecular weight is 474 g/mol. The smallest absolute Gasteiger partial charge is 0.333 e. The van der Waals surface area contributed by atoms with Crippen molar-refractivity contribution in [2.24, 2.45) is 5.41 Å². The molecule has 0 aromatic heterocycles. The van der Waals surface area contributed by atoms with E-state index in [1.54, 1.807) is 19.1 Å². The summed E-state index contributed by atoms with van der Waals surface area (Å²) in [7, 11) is -3.08. The molecule has 0 bridgehead atoms. The van der Waals surface area contributed by atoms with E-state index in [1.165, 1.54) is 12.3 Å². The molecule has 1 atom stereocenters. The van der Waals surface area contributed by atoms with E-state index in [9.17, 15) is 13.9 Å². The first-order chi connectivity index (χ1) is 15.8. The van der Waals surface area contributed by atoms with Crippen molar-refractivity contribution < 1.29 is 23.4 Å². The molecule has 2 aromatic rings. The van der Waals surface area contributed by atoms with Crippen LogP contribution < -0.4 is 9.64 Å². The normalized spacial score (nSPS) is 20.7. The quantitative estimate of drug-likeness (QED) is 0.232. The fourth-order valence-electron chi connectivity index (χ4n) is 4.31. The molecule has 1 aliphatic rings. The number of para-hydroxylation sites is 1. The fraction of sp³-hybridized carbons (Fsp3) is 0.423. The number of carbonyl (C=O) groups is 1. The molecule has 1 unspecified atom stereocenters. The predicted molar refractivity (Wildman–Crippen MR) is 135 cm³/mol. The maximum atomic E-state index is 11.5. The number of carbonyl (C=O) groups excluding carboxylic acids is 1. The molecule has 7 heteroatoms. The number of hydrogen-bond donors (Lipinski definition) is 2. The minimum Gasteiger partial charge on any atom is -0.465 e. The van der Waals surface area contributed by atoms with Gasteiger partial charge in [-0.15, -0.1) is 0 Å². The topological polar surface area (TPSA) is 79.2 Å². The number of anilines is 2. The van der Waals surface area contributed by atoms with Crippen LogP contribution in [0.4, 0.5) is 11.4 Å². The van der Waals surface area contributed by atoms with E-state index in [-0.39, 0.29) is 12.0 Å². The Balaban J connectivity index is 2.03. The molecule has 0 aliphatic carbocycles. The zero-order valence-corrected chi connectivity index (χ0v) is 20.5. The van der Waals surface area contributed by atoms with Crippen LogP contribution in [0.3, 0.4) is 0 Å². The summed E-state index contributed by atoms with van der Waals surface area (Å²) in [5, 5.41) is 0. The van der Waals surface area contributed by atoms with Gasteiger partial charge in [0, 0.05) is 29.5 Å². The molecule has 6 nitrogen and oxygen atoms in total. The Morgan fingerprint density at radius 3 is 2.58 bits per heavy atom. The lowest BCUT2D eigenvalue weighted by Gasteiger charge is -2.41. The van der Waals surface area contributed by atoms with E-state index in [0.29, 0.717) is 22.9 Å². The summed E-state index contributed by atoms with van der Waals surface area (Å²) in [4.78, 5) is 14.2. The molecule has 0 saturated carbocycles. The number of benzene rings is 2. The van der Waals surface area contributed by atoms with E-state index in [0.717, 1.165) is 37.1 Å². The molecule has 3 rings (SSSR count). The van der Waals surface area contributed by atoms with Crippen molar-refractivity contribution in [1.29, 1.82) is 0 Å². The van der Waals surface area contributed by atoms with Gasteiger partial charge < -0.3 is 14.4 Å². The fourth-order valence-corrected chi connectivity index (χ4v) is 6.58. The van der Waals surface area contributed by atoms with Gasteiger partial charge in [0.15, 0.2) is 0 Å². The highest BCUT2D eigenvalue weighted by atomic mass is 32.3. The highest BCUT2D eigenvalue weighted by Gasteiger charge is 2.41. The zero-order valence-electron chi connectivity index (χ0n) is 19.7. The van der Waals surface area contributed by atoms with Crippen molar-refractivity contribution in [3.05, 3.63) is 60.9 Å². The molecule has 0 radical (unpaired) electrons. The highest BCUT2D eigenvalue weighted by molar-refractivity contribution is 8.24. The van der Waals surface area contributed by atoms with Crippen LogP contribution in [0.15, 0.2) is 65.8 Å². The number of hydrogen-bond acceptors (Lipinski definition) is 6. The van der Waals surface area contributed by atoms with Gasteiger partial charge in [0.1, 0.15) is 5.75 Å². The van der Waals surface area contributed by atoms with Gasteiger partial charge in [-0.2, -0.15) is 10.6 Å². The summed E-state index contributed by atoms with van der Waals surface area (Å²) >= 11 is 0. The lowest BCUT2D eigenvalue weighted by Crippen LogP contribution is -2.37. The van der Waals surface area contributed by atoms with Gasteiger partial charge >= 0.3 is 5.97 Å². The summed E-state index contributed by atoms with van der Waals surface area (Å²) in [5.74, 6) is 0.255. The maximum Gasteiger partial charge on any atom is 0.333 e. The molecule has 2 N–H and O–H groups in total. The number of esters is 1. The van der Waals surface area contributed by atoms with Gasteiger partial charge in [-0.05, 0) is 44.0 Å². The third kappa shape index (κ3) is 6.10. The second-order valence-electron chi connectivity index (χ2n) is 8.49. The van der Waals surface area contributed by atoms with Crippen LogP contribution in [0.2, 0.25) is 0 Å². The van der Waals surface area contributed by atoms with E-state index >= 15 is 0 Å². The molecule has 1 aliphatic heterocycles. The SMILES string of the molecule is CCCCC1(CC)CN(c2ccccc2)c2ccc(O/C=C/C(=O)OCC)cc2S(O)(O)C1. The summed E-state index contributed by atoms with van der Waals surface area (Å²) < 4.78 is 33.3. The highest BCUT2D eigenvalue weighted by Crippen LogP contribution is 2.61. The molecule has 0 saturated heterocycles. The molecule has 0 spiro atoms. The lowest BCUT2D eigenvalue weighted by atomic mass is 9.81. The Bertz CT molecular complexity index is 962. The first-order valence-electron chi connectivity index (χ1n) is 11.6. The summed E-state index contributed by atoms with van der Waals surface area (Å²) in [6.07, 6.45) is 6.34. The van der Waals surface area contributed by atoms with Crippen molar-refractivity contribution in [2.75, 3.05) is 23.8 Å². The number of unbranched alkanes of at least 4 members (excludes halogenated alkanes) is 1. The van der Waals surface area contributed by atoms with Gasteiger partial charge in [-0.25, -0.2) is 4.79 Å². The minimum absolute atomic E-state index is 0.228. The van der Waals surface area contributed by atoms with E-state index in [4.69, 9.17) is 9.47 Å². The van der Waals surface area contributed by atoms with Crippen LogP contribution in [0.1, 0.15) is 46.5 Å². The van der Waals surface area contributed by atoms with Crippen molar-refractivity contribution in [3.8, 4) is 5.75 Å². The Kier molecular flexibility index (Phi) is 8.46. The molecule has 2 aromatic carbocycles. The Labute approximate surface area is 198 Å². The first kappa shape index (κ1) is 25.1. The van der Waals surface area contributed by atoms with E-state index in [2.05, 4.69) is 18.7 Å². The zero-order chi connectivity index (χ0) is 23.9. The number of fused-ring (bicyclic) bond motifs is 1. The van der Waals surface area contributed by atoms with Crippen molar-refractivity contribution in [2.45, 2.75) is 51.3 Å². The Morgan fingerprint density at radius 1 is 1.15 bits per heavy atom. The van der Waals surface area contributed by atoms with Crippen LogP contribution in [-0.4, -0.2) is 34.0 Å². The van der Waals surface area contributed by atoms with Crippen LogP contribution in [0, 0.1) is 5.41 Å². The standard InChI is InChI=1S/C26H35NO5S/c1-4-7-16-26(5-2)19-27(21-11-9-8-10-12-21)23-14-13-22(18-24(23)33(29,30)20-26)32-17-15-25(28)31-6-3/h8-15,17-18,29-30H,4-7,16,19-20H2,1-3H3/b17-15+. The second-order valence-corrected chi connectivity index (χ2v) is 10.6. The summed E-state index contributed by atoms with van der Waals surface area (Å²) in [6, 6.07) is 15.4. The summed E-state index contributed by atoms with van der Waals surface area (Å²) in [6.45, 7) is 7.03. The second kappa shape index (κ2) is 11.1. The van der Waals surface area contributed by atoms with Crippen molar-refractivity contribution in [1.82, 2.24) is 0 Å². The van der Waals surface area contributed by atoms with Crippen LogP contribution >= 0.6 is 10.6 Å². The maximum absolute atomic E-state index is 11.5. The van der Waals surface area contributed by atoms with Crippen LogP contribution in [-0.2, 0) is 9.53 Å². The Morgan fingerprint density at radius 2 is 1.91 bits per heavy atom. The van der Waals surface area contributed by atoms with E-state index < -0.39 is 16.6 Å². The van der Waals surface area contributed by atoms with Gasteiger partial charge in [0.05, 0.1) is 29.5 Å². The molecular weight excluding hydrogens is 438 g/mol. The Hall–Kier alpha value is -2.48. The van der Waals surface area contributed by atoms with Crippen LogP contribution in [0.25, 0.3) is 0 Å². The van der Waals surface area contributed by atoms with Gasteiger partial charge in [-0.3, -0.25) is 9.11 Å². The molecule has 1 heterocycles. The predicted octanol–water partition coefficient (Wildman–Crippen LogP) is 6.99. The largest absolute Gasteiger partial charge is 0.465 e. The molecule has 0 amide bonds. The van der Waals surface area contributed by atoms with Gasteiger partial charge in [0.25, 0.3) is 0 Å². The first-order valence-corrected chi connectivity index (χ1v) is 13.3. The van der Waals surface area contributed by atoms with E-state index in [1.807, 2.05) is 36.4 Å². The molecule has 180 valence electrons.